The summed E-state index contributed by atoms with van der Waals surface area (Å²) in [4.78, 5) is 31.8. The van der Waals surface area contributed by atoms with Crippen LogP contribution in [0.3, 0.4) is 0 Å². The van der Waals surface area contributed by atoms with E-state index in [1.54, 1.807) is 0 Å². The van der Waals surface area contributed by atoms with Crippen molar-refractivity contribution in [1.29, 1.82) is 0 Å². The van der Waals surface area contributed by atoms with Gasteiger partial charge in [-0.3, -0.25) is 14.6 Å². The summed E-state index contributed by atoms with van der Waals surface area (Å²) >= 11 is 0. The SMILES string of the molecule is CC1(C)CC(=O)C2C(=NC3=C(C(=O)c4ccccc43)[C@@H]2c2ccc3c(c2)OCO3)C1. The number of carbonyl (C=O) groups is 2. The zero-order chi connectivity index (χ0) is 20.6. The molecule has 0 saturated heterocycles. The molecule has 0 amide bonds. The van der Waals surface area contributed by atoms with Crippen molar-refractivity contribution in [3.8, 4) is 11.5 Å². The standard InChI is InChI=1S/C25H21NO4/c1-25(2)10-16-21(17(27)11-25)20(13-7-8-18-19(9-13)30-12-29-18)22-23(26-16)14-5-3-4-6-15(14)24(22)28/h3-9,20-21H,10-12H2,1-2H3/t20-,21?/m1/s1. The van der Waals surface area contributed by atoms with Gasteiger partial charge >= 0.3 is 0 Å². The molecule has 0 bridgehead atoms. The highest BCUT2D eigenvalue weighted by Gasteiger charge is 2.50. The van der Waals surface area contributed by atoms with Crippen LogP contribution in [0.25, 0.3) is 5.70 Å². The molecule has 0 radical (unpaired) electrons. The van der Waals surface area contributed by atoms with Gasteiger partial charge in [-0.25, -0.2) is 0 Å². The molecule has 6 rings (SSSR count). The first kappa shape index (κ1) is 17.6. The highest BCUT2D eigenvalue weighted by Crippen LogP contribution is 2.52. The Bertz CT molecular complexity index is 1200. The van der Waals surface area contributed by atoms with Crippen LogP contribution in [0.2, 0.25) is 0 Å². The minimum atomic E-state index is -0.407. The number of hydrogen-bond acceptors (Lipinski definition) is 5. The Morgan fingerprint density at radius 1 is 0.933 bits per heavy atom. The van der Waals surface area contributed by atoms with Gasteiger partial charge in [0.1, 0.15) is 5.78 Å². The number of benzene rings is 2. The molecular formula is C25H21NO4. The highest BCUT2D eigenvalue weighted by atomic mass is 16.7. The number of ether oxygens (including phenoxy) is 2. The van der Waals surface area contributed by atoms with Crippen LogP contribution >= 0.6 is 0 Å². The van der Waals surface area contributed by atoms with Crippen molar-refractivity contribution in [2.24, 2.45) is 16.3 Å². The fraction of sp³-hybridized carbons (Fsp3) is 0.320. The van der Waals surface area contributed by atoms with E-state index in [9.17, 15) is 9.59 Å². The molecule has 5 heteroatoms. The minimum absolute atomic E-state index is 0.0244. The van der Waals surface area contributed by atoms with Crippen molar-refractivity contribution in [1.82, 2.24) is 0 Å². The van der Waals surface area contributed by atoms with Crippen molar-refractivity contribution in [3.05, 3.63) is 64.7 Å². The third-order valence-corrected chi connectivity index (χ3v) is 6.60. The Balaban J connectivity index is 1.58. The summed E-state index contributed by atoms with van der Waals surface area (Å²) in [5, 5.41) is 0. The van der Waals surface area contributed by atoms with Gasteiger partial charge in [0.05, 0.1) is 11.6 Å². The molecule has 2 aliphatic heterocycles. The average molecular weight is 399 g/mol. The lowest BCUT2D eigenvalue weighted by Gasteiger charge is -2.40. The fourth-order valence-corrected chi connectivity index (χ4v) is 5.39. The Morgan fingerprint density at radius 3 is 2.53 bits per heavy atom. The van der Waals surface area contributed by atoms with Gasteiger partial charge in [-0.05, 0) is 29.5 Å². The monoisotopic (exact) mass is 399 g/mol. The van der Waals surface area contributed by atoms with Crippen LogP contribution < -0.4 is 9.47 Å². The van der Waals surface area contributed by atoms with E-state index in [1.165, 1.54) is 0 Å². The van der Waals surface area contributed by atoms with Crippen LogP contribution in [0.5, 0.6) is 11.5 Å². The number of aliphatic imine (C=N–C) groups is 1. The molecular weight excluding hydrogens is 378 g/mol. The Kier molecular flexibility index (Phi) is 3.47. The van der Waals surface area contributed by atoms with E-state index in [0.29, 0.717) is 29.1 Å². The van der Waals surface area contributed by atoms with E-state index in [-0.39, 0.29) is 29.7 Å². The maximum absolute atomic E-state index is 13.5. The number of hydrogen-bond donors (Lipinski definition) is 0. The first-order valence-corrected chi connectivity index (χ1v) is 10.3. The van der Waals surface area contributed by atoms with Crippen LogP contribution in [0.4, 0.5) is 0 Å². The van der Waals surface area contributed by atoms with Gasteiger partial charge in [-0.15, -0.1) is 0 Å². The molecule has 2 aromatic carbocycles. The number of ketones is 2. The summed E-state index contributed by atoms with van der Waals surface area (Å²) < 4.78 is 11.0. The van der Waals surface area contributed by atoms with E-state index in [4.69, 9.17) is 14.5 Å². The molecule has 0 spiro atoms. The Morgan fingerprint density at radius 2 is 1.70 bits per heavy atom. The van der Waals surface area contributed by atoms with Gasteiger partial charge in [0.2, 0.25) is 6.79 Å². The predicted molar refractivity (Wildman–Crippen MR) is 112 cm³/mol. The molecule has 1 fully saturated rings. The van der Waals surface area contributed by atoms with Crippen LogP contribution in [-0.4, -0.2) is 24.1 Å². The molecule has 0 aromatic heterocycles. The summed E-state index contributed by atoms with van der Waals surface area (Å²) in [6.07, 6.45) is 1.24. The lowest BCUT2D eigenvalue weighted by atomic mass is 9.63. The molecule has 2 aromatic rings. The third-order valence-electron chi connectivity index (χ3n) is 6.60. The van der Waals surface area contributed by atoms with Gasteiger partial charge in [0.25, 0.3) is 0 Å². The van der Waals surface area contributed by atoms with Gasteiger partial charge in [-0.2, -0.15) is 0 Å². The number of fused-ring (bicyclic) bond motifs is 4. The second kappa shape index (κ2) is 5.91. The van der Waals surface area contributed by atoms with Crippen LogP contribution in [0.15, 0.2) is 53.0 Å². The third kappa shape index (κ3) is 2.38. The molecule has 2 atom stereocenters. The molecule has 1 saturated carbocycles. The lowest BCUT2D eigenvalue weighted by Crippen LogP contribution is -2.43. The van der Waals surface area contributed by atoms with E-state index in [1.807, 2.05) is 42.5 Å². The minimum Gasteiger partial charge on any atom is -0.454 e. The highest BCUT2D eigenvalue weighted by molar-refractivity contribution is 6.25. The van der Waals surface area contributed by atoms with Crippen molar-refractivity contribution in [2.75, 3.05) is 6.79 Å². The first-order valence-electron chi connectivity index (χ1n) is 10.3. The summed E-state index contributed by atoms with van der Waals surface area (Å²) in [5.41, 5.74) is 4.56. The number of rotatable bonds is 1. The number of allylic oxidation sites excluding steroid dienone is 1. The zero-order valence-corrected chi connectivity index (χ0v) is 16.9. The van der Waals surface area contributed by atoms with Crippen molar-refractivity contribution >= 4 is 23.0 Å². The van der Waals surface area contributed by atoms with Gasteiger partial charge in [-0.1, -0.05) is 44.2 Å². The van der Waals surface area contributed by atoms with Crippen molar-refractivity contribution in [3.63, 3.8) is 0 Å². The quantitative estimate of drug-likeness (QED) is 0.705. The number of Topliss-reactive ketones (excluding diaryl/α,β-unsaturated/α-hetero) is 2. The van der Waals surface area contributed by atoms with Crippen molar-refractivity contribution < 1.29 is 19.1 Å². The smallest absolute Gasteiger partial charge is 0.231 e. The largest absolute Gasteiger partial charge is 0.454 e. The zero-order valence-electron chi connectivity index (χ0n) is 16.9. The van der Waals surface area contributed by atoms with Crippen LogP contribution in [0, 0.1) is 11.3 Å². The maximum Gasteiger partial charge on any atom is 0.231 e. The second-order valence-electron chi connectivity index (χ2n) is 9.29. The van der Waals surface area contributed by atoms with Gasteiger partial charge < -0.3 is 9.47 Å². The molecule has 2 heterocycles. The van der Waals surface area contributed by atoms with Gasteiger partial charge in [0, 0.05) is 34.8 Å². The summed E-state index contributed by atoms with van der Waals surface area (Å²) in [6, 6.07) is 13.3. The Labute approximate surface area is 174 Å². The second-order valence-corrected chi connectivity index (χ2v) is 9.29. The molecule has 2 aliphatic carbocycles. The van der Waals surface area contributed by atoms with E-state index < -0.39 is 5.92 Å². The molecule has 1 unspecified atom stereocenters. The van der Waals surface area contributed by atoms with Crippen LogP contribution in [-0.2, 0) is 4.79 Å². The first-order chi connectivity index (χ1) is 14.4. The topological polar surface area (TPSA) is 65.0 Å². The number of nitrogens with zero attached hydrogens (tertiary/aromatic N) is 1. The molecule has 4 aliphatic rings. The molecule has 0 N–H and O–H groups in total. The maximum atomic E-state index is 13.5. The average Bonchev–Trinajstić information content (AvgIpc) is 3.28. The lowest BCUT2D eigenvalue weighted by molar-refractivity contribution is -0.124. The summed E-state index contributed by atoms with van der Waals surface area (Å²) in [6.45, 7) is 4.40. The van der Waals surface area contributed by atoms with Crippen LogP contribution in [0.1, 0.15) is 54.1 Å². The molecule has 30 heavy (non-hydrogen) atoms. The Hall–Kier alpha value is -3.21. The predicted octanol–water partition coefficient (Wildman–Crippen LogP) is 4.57. The van der Waals surface area contributed by atoms with E-state index in [2.05, 4.69) is 13.8 Å². The normalized spacial score (nSPS) is 25.6. The number of carbonyl (C=O) groups excluding carboxylic acids is 2. The van der Waals surface area contributed by atoms with Gasteiger partial charge in [0.15, 0.2) is 17.3 Å². The fourth-order valence-electron chi connectivity index (χ4n) is 5.39. The molecule has 5 nitrogen and oxygen atoms in total. The van der Waals surface area contributed by atoms with Crippen molar-refractivity contribution in [2.45, 2.75) is 32.6 Å². The summed E-state index contributed by atoms with van der Waals surface area (Å²) in [5.74, 6) is 0.715. The molecule has 150 valence electrons. The van der Waals surface area contributed by atoms with E-state index in [0.717, 1.165) is 29.0 Å². The summed E-state index contributed by atoms with van der Waals surface area (Å²) in [7, 11) is 0. The van der Waals surface area contributed by atoms with E-state index >= 15 is 0 Å².